The van der Waals surface area contributed by atoms with Crippen LogP contribution in [0.2, 0.25) is 0 Å². The third kappa shape index (κ3) is 3.45. The summed E-state index contributed by atoms with van der Waals surface area (Å²) in [7, 11) is 0. The molecule has 0 saturated carbocycles. The molecule has 3 nitrogen and oxygen atoms in total. The van der Waals surface area contributed by atoms with Gasteiger partial charge in [-0.25, -0.2) is 0 Å². The van der Waals surface area contributed by atoms with Crippen LogP contribution in [0.15, 0.2) is 24.3 Å². The number of nitrogens with two attached hydrogens (primary N) is 1. The maximum Gasteiger partial charge on any atom is 0.123 e. The van der Waals surface area contributed by atoms with Gasteiger partial charge in [0.1, 0.15) is 12.4 Å². The monoisotopic (exact) mass is 234 g/mol. The van der Waals surface area contributed by atoms with E-state index in [1.54, 1.807) is 0 Å². The lowest BCUT2D eigenvalue weighted by Gasteiger charge is -2.23. The van der Waals surface area contributed by atoms with Crippen LogP contribution < -0.4 is 10.5 Å². The summed E-state index contributed by atoms with van der Waals surface area (Å²) < 4.78 is 5.74. The molecule has 0 amide bonds. The normalized spacial score (nSPS) is 18.0. The van der Waals surface area contributed by atoms with Gasteiger partial charge in [0.25, 0.3) is 0 Å². The molecule has 1 aliphatic rings. The first-order valence-electron chi connectivity index (χ1n) is 6.48. The molecule has 0 saturated heterocycles. The van der Waals surface area contributed by atoms with Crippen molar-refractivity contribution in [3.8, 4) is 5.75 Å². The molecule has 1 atom stereocenters. The maximum atomic E-state index is 6.10. The van der Waals surface area contributed by atoms with Crippen LogP contribution in [0, 0.1) is 0 Å². The molecule has 0 radical (unpaired) electrons. The zero-order chi connectivity index (χ0) is 12.1. The Bertz CT molecular complexity index is 354. The minimum atomic E-state index is 0.283. The highest BCUT2D eigenvalue weighted by Gasteiger charge is 2.16. The minimum absolute atomic E-state index is 0.283. The lowest BCUT2D eigenvalue weighted by Crippen LogP contribution is -2.38. The molecule has 17 heavy (non-hydrogen) atoms. The highest BCUT2D eigenvalue weighted by molar-refractivity contribution is 5.33. The number of nitrogens with zero attached hydrogens (tertiary/aromatic N) is 1. The molecule has 1 aliphatic heterocycles. The maximum absolute atomic E-state index is 6.10. The summed E-state index contributed by atoms with van der Waals surface area (Å²) in [5.41, 5.74) is 7.38. The van der Waals surface area contributed by atoms with E-state index in [9.17, 15) is 0 Å². The van der Waals surface area contributed by atoms with Crippen LogP contribution >= 0.6 is 0 Å². The second kappa shape index (κ2) is 6.03. The van der Waals surface area contributed by atoms with Crippen molar-refractivity contribution < 1.29 is 4.74 Å². The molecule has 0 aromatic heterocycles. The largest absolute Gasteiger partial charge is 0.492 e. The Kier molecular flexibility index (Phi) is 4.40. The van der Waals surface area contributed by atoms with Gasteiger partial charge in [0.15, 0.2) is 0 Å². The molecule has 0 spiro atoms. The molecule has 94 valence electrons. The van der Waals surface area contributed by atoms with E-state index in [1.165, 1.54) is 5.56 Å². The molecular weight excluding hydrogens is 212 g/mol. The number of hydrogen-bond donors (Lipinski definition) is 1. The molecule has 3 heteroatoms. The van der Waals surface area contributed by atoms with Gasteiger partial charge < -0.3 is 10.5 Å². The number of hydrogen-bond acceptors (Lipinski definition) is 3. The summed E-state index contributed by atoms with van der Waals surface area (Å²) >= 11 is 0. The topological polar surface area (TPSA) is 38.5 Å². The fourth-order valence-corrected chi connectivity index (χ4v) is 2.33. The summed E-state index contributed by atoms with van der Waals surface area (Å²) in [6, 6.07) is 8.56. The summed E-state index contributed by atoms with van der Waals surface area (Å²) in [6.07, 6.45) is 2.25. The SMILES string of the molecule is CCC[C@@H](N)CN1CCOc2ccccc2C1. The molecule has 2 rings (SSSR count). The van der Waals surface area contributed by atoms with Crippen LogP contribution in [-0.2, 0) is 6.54 Å². The molecule has 1 aromatic rings. The van der Waals surface area contributed by atoms with E-state index in [4.69, 9.17) is 10.5 Å². The van der Waals surface area contributed by atoms with Crippen molar-refractivity contribution in [2.75, 3.05) is 19.7 Å². The number of para-hydroxylation sites is 1. The number of ether oxygens (including phenoxy) is 1. The molecule has 2 N–H and O–H groups in total. The van der Waals surface area contributed by atoms with Gasteiger partial charge in [0.2, 0.25) is 0 Å². The van der Waals surface area contributed by atoms with Crippen molar-refractivity contribution in [3.63, 3.8) is 0 Å². The summed E-state index contributed by atoms with van der Waals surface area (Å²) in [5.74, 6) is 1.03. The minimum Gasteiger partial charge on any atom is -0.492 e. The van der Waals surface area contributed by atoms with E-state index in [1.807, 2.05) is 12.1 Å². The van der Waals surface area contributed by atoms with Crippen LogP contribution in [-0.4, -0.2) is 30.6 Å². The highest BCUT2D eigenvalue weighted by atomic mass is 16.5. The van der Waals surface area contributed by atoms with Crippen molar-refractivity contribution in [2.45, 2.75) is 32.4 Å². The standard InChI is InChI=1S/C14H22N2O/c1-2-5-13(15)11-16-8-9-17-14-7-4-3-6-12(14)10-16/h3-4,6-7,13H,2,5,8-11,15H2,1H3/t13-/m1/s1. The smallest absolute Gasteiger partial charge is 0.123 e. The highest BCUT2D eigenvalue weighted by Crippen LogP contribution is 2.22. The van der Waals surface area contributed by atoms with E-state index < -0.39 is 0 Å². The van der Waals surface area contributed by atoms with Crippen molar-refractivity contribution in [2.24, 2.45) is 5.73 Å². The molecular formula is C14H22N2O. The Balaban J connectivity index is 1.98. The molecule has 1 aromatic carbocycles. The number of fused-ring (bicyclic) bond motifs is 1. The third-order valence-electron chi connectivity index (χ3n) is 3.18. The van der Waals surface area contributed by atoms with Crippen molar-refractivity contribution in [3.05, 3.63) is 29.8 Å². The zero-order valence-electron chi connectivity index (χ0n) is 10.6. The summed E-state index contributed by atoms with van der Waals surface area (Å²) in [4.78, 5) is 2.40. The Morgan fingerprint density at radius 3 is 3.06 bits per heavy atom. The van der Waals surface area contributed by atoms with E-state index in [-0.39, 0.29) is 6.04 Å². The molecule has 0 unspecified atom stereocenters. The van der Waals surface area contributed by atoms with E-state index >= 15 is 0 Å². The van der Waals surface area contributed by atoms with Gasteiger partial charge in [-0.15, -0.1) is 0 Å². The fraction of sp³-hybridized carbons (Fsp3) is 0.571. The van der Waals surface area contributed by atoms with Gasteiger partial charge in [-0.1, -0.05) is 31.5 Å². The average Bonchev–Trinajstić information content (AvgIpc) is 2.50. The van der Waals surface area contributed by atoms with Gasteiger partial charge >= 0.3 is 0 Å². The Labute approximate surface area is 104 Å². The molecule has 0 fully saturated rings. The fourth-order valence-electron chi connectivity index (χ4n) is 2.33. The van der Waals surface area contributed by atoms with Gasteiger partial charge in [-0.2, -0.15) is 0 Å². The average molecular weight is 234 g/mol. The molecule has 0 aliphatic carbocycles. The van der Waals surface area contributed by atoms with Crippen LogP contribution in [0.3, 0.4) is 0 Å². The summed E-state index contributed by atoms with van der Waals surface area (Å²) in [6.45, 7) is 5.82. The van der Waals surface area contributed by atoms with Crippen LogP contribution in [0.5, 0.6) is 5.75 Å². The second-order valence-electron chi connectivity index (χ2n) is 4.74. The number of rotatable bonds is 4. The Morgan fingerprint density at radius 2 is 2.24 bits per heavy atom. The number of benzene rings is 1. The lowest BCUT2D eigenvalue weighted by molar-refractivity contribution is 0.213. The van der Waals surface area contributed by atoms with Crippen LogP contribution in [0.1, 0.15) is 25.3 Å². The molecule has 0 bridgehead atoms. The second-order valence-corrected chi connectivity index (χ2v) is 4.74. The predicted octanol–water partition coefficient (Wildman–Crippen LogP) is 2.01. The van der Waals surface area contributed by atoms with Gasteiger partial charge in [-0.3, -0.25) is 4.90 Å². The first kappa shape index (κ1) is 12.4. The van der Waals surface area contributed by atoms with E-state index in [0.29, 0.717) is 0 Å². The van der Waals surface area contributed by atoms with Gasteiger partial charge in [-0.05, 0) is 12.5 Å². The Hall–Kier alpha value is -1.06. The summed E-state index contributed by atoms with van der Waals surface area (Å²) in [5, 5.41) is 0. The molecule has 1 heterocycles. The first-order valence-corrected chi connectivity index (χ1v) is 6.48. The quantitative estimate of drug-likeness (QED) is 0.866. The van der Waals surface area contributed by atoms with E-state index in [2.05, 4.69) is 24.0 Å². The van der Waals surface area contributed by atoms with Gasteiger partial charge in [0.05, 0.1) is 0 Å². The predicted molar refractivity (Wildman–Crippen MR) is 70.1 cm³/mol. The van der Waals surface area contributed by atoms with Crippen LogP contribution in [0.25, 0.3) is 0 Å². The zero-order valence-corrected chi connectivity index (χ0v) is 10.6. The van der Waals surface area contributed by atoms with Gasteiger partial charge in [0, 0.05) is 31.2 Å². The first-order chi connectivity index (χ1) is 8.29. The van der Waals surface area contributed by atoms with Crippen molar-refractivity contribution in [1.82, 2.24) is 4.90 Å². The Morgan fingerprint density at radius 1 is 1.41 bits per heavy atom. The lowest BCUT2D eigenvalue weighted by atomic mass is 10.1. The van der Waals surface area contributed by atoms with Crippen molar-refractivity contribution >= 4 is 0 Å². The third-order valence-corrected chi connectivity index (χ3v) is 3.18. The van der Waals surface area contributed by atoms with Crippen LogP contribution in [0.4, 0.5) is 0 Å². The van der Waals surface area contributed by atoms with Crippen molar-refractivity contribution in [1.29, 1.82) is 0 Å². The van der Waals surface area contributed by atoms with E-state index in [0.717, 1.165) is 44.8 Å².